The predicted molar refractivity (Wildman–Crippen MR) is 130 cm³/mol. The molecule has 1 aliphatic heterocycles. The average molecular weight is 586 g/mol. The van der Waals surface area contributed by atoms with E-state index in [1.807, 2.05) is 0 Å². The van der Waals surface area contributed by atoms with Gasteiger partial charge in [-0.25, -0.2) is 9.78 Å². The number of thioether (sulfide) groups is 1. The molecule has 1 N–H and O–H groups in total. The maximum Gasteiger partial charge on any atom is 0.422 e. The summed E-state index contributed by atoms with van der Waals surface area (Å²) in [6.45, 7) is 0.0583. The lowest BCUT2D eigenvalue weighted by atomic mass is 10.2. The zero-order valence-electron chi connectivity index (χ0n) is 19.4. The number of nitrogens with zero attached hydrogens (tertiary/aromatic N) is 3. The number of ether oxygens (including phenoxy) is 3. The molecule has 2 heterocycles. The Kier molecular flexibility index (Phi) is 9.74. The van der Waals surface area contributed by atoms with Gasteiger partial charge in [0.2, 0.25) is 5.88 Å². The smallest absolute Gasteiger partial charge is 0.422 e. The molecule has 204 valence electrons. The molecule has 0 radical (unpaired) electrons. The highest BCUT2D eigenvalue weighted by atomic mass is 35.5. The van der Waals surface area contributed by atoms with Crippen molar-refractivity contribution in [3.63, 3.8) is 0 Å². The van der Waals surface area contributed by atoms with Gasteiger partial charge < -0.3 is 19.3 Å². The van der Waals surface area contributed by atoms with Gasteiger partial charge in [-0.2, -0.15) is 42.0 Å². The van der Waals surface area contributed by atoms with Gasteiger partial charge in [0.1, 0.15) is 23.1 Å². The number of carboxylic acid groups (broad SMARTS) is 1. The van der Waals surface area contributed by atoms with E-state index < -0.39 is 45.5 Å². The number of pyridine rings is 1. The average Bonchev–Trinajstić information content (AvgIpc) is 2.84. The Balaban J connectivity index is 1.96. The zero-order valence-corrected chi connectivity index (χ0v) is 21.8. The lowest BCUT2D eigenvalue weighted by molar-refractivity contribution is -0.137. The predicted octanol–water partition coefficient (Wildman–Crippen LogP) is 4.34. The molecule has 0 bridgehead atoms. The van der Waals surface area contributed by atoms with Crippen LogP contribution in [0.3, 0.4) is 0 Å². The van der Waals surface area contributed by atoms with E-state index in [4.69, 9.17) is 25.8 Å². The summed E-state index contributed by atoms with van der Waals surface area (Å²) in [5, 5.41) is 9.27. The first-order valence-corrected chi connectivity index (χ1v) is 13.6. The van der Waals surface area contributed by atoms with Crippen LogP contribution in [0.4, 0.5) is 18.0 Å². The van der Waals surface area contributed by atoms with E-state index in [0.717, 1.165) is 4.31 Å². The fourth-order valence-electron chi connectivity index (χ4n) is 3.17. The minimum Gasteiger partial charge on any atom is -0.491 e. The van der Waals surface area contributed by atoms with E-state index in [2.05, 4.69) is 4.98 Å². The first-order valence-electron chi connectivity index (χ1n) is 10.7. The minimum atomic E-state index is -4.68. The Bertz CT molecular complexity index is 1210. The number of rotatable bonds is 10. The molecule has 1 aromatic heterocycles. The third-order valence-corrected chi connectivity index (χ3v) is 8.11. The Labute approximate surface area is 220 Å². The molecule has 1 aromatic carbocycles. The van der Waals surface area contributed by atoms with Gasteiger partial charge in [-0.1, -0.05) is 11.6 Å². The molecule has 1 saturated heterocycles. The molecule has 1 aliphatic rings. The van der Waals surface area contributed by atoms with Crippen LogP contribution >= 0.6 is 23.4 Å². The van der Waals surface area contributed by atoms with E-state index >= 15 is 0 Å². The molecule has 37 heavy (non-hydrogen) atoms. The molecule has 0 saturated carbocycles. The Morgan fingerprint density at radius 2 is 1.95 bits per heavy atom. The van der Waals surface area contributed by atoms with Crippen LogP contribution in [0, 0.1) is 0 Å². The third-order valence-electron chi connectivity index (χ3n) is 5.04. The molecule has 0 aliphatic carbocycles. The second kappa shape index (κ2) is 12.4. The van der Waals surface area contributed by atoms with Crippen molar-refractivity contribution in [1.29, 1.82) is 0 Å². The van der Waals surface area contributed by atoms with Crippen molar-refractivity contribution >= 4 is 39.7 Å². The molecule has 0 spiro atoms. The molecule has 10 nitrogen and oxygen atoms in total. The number of hydrogen-bond donors (Lipinski definition) is 1. The van der Waals surface area contributed by atoms with Crippen LogP contribution in [0.15, 0.2) is 30.5 Å². The summed E-state index contributed by atoms with van der Waals surface area (Å²) in [7, 11) is -2.91. The van der Waals surface area contributed by atoms with Crippen LogP contribution in [0.2, 0.25) is 5.02 Å². The lowest BCUT2D eigenvalue weighted by Gasteiger charge is -2.30. The van der Waals surface area contributed by atoms with Crippen molar-refractivity contribution in [2.45, 2.75) is 12.7 Å². The largest absolute Gasteiger partial charge is 0.491 e. The summed E-state index contributed by atoms with van der Waals surface area (Å²) in [5.74, 6) is 0.776. The monoisotopic (exact) mass is 585 g/mol. The Hall–Kier alpha value is -2.46. The Morgan fingerprint density at radius 1 is 1.24 bits per heavy atom. The standard InChI is InChI=1S/C21H23ClF3N3O7S2/c1-33-6-7-34-16-3-2-14(13-28(20(29)30)37(31,32)27-4-8-36-9-5-27)18(11-16)35-19-17(22)10-15(12-26-19)21(23,24)25/h2-3,10-12H,4-9,13H2,1H3,(H,29,30). The minimum absolute atomic E-state index is 0.0780. The van der Waals surface area contributed by atoms with Crippen molar-refractivity contribution in [1.82, 2.24) is 13.6 Å². The van der Waals surface area contributed by atoms with Gasteiger partial charge in [-0.15, -0.1) is 0 Å². The summed E-state index contributed by atoms with van der Waals surface area (Å²) in [6, 6.07) is 4.80. The highest BCUT2D eigenvalue weighted by Gasteiger charge is 2.35. The Morgan fingerprint density at radius 3 is 2.54 bits per heavy atom. The zero-order chi connectivity index (χ0) is 27.2. The van der Waals surface area contributed by atoms with E-state index in [1.54, 1.807) is 11.8 Å². The summed E-state index contributed by atoms with van der Waals surface area (Å²) < 4.78 is 82.5. The van der Waals surface area contributed by atoms with E-state index in [-0.39, 0.29) is 47.7 Å². The van der Waals surface area contributed by atoms with Crippen molar-refractivity contribution in [3.8, 4) is 17.4 Å². The van der Waals surface area contributed by atoms with Gasteiger partial charge in [-0.3, -0.25) is 0 Å². The second-order valence-electron chi connectivity index (χ2n) is 7.53. The lowest BCUT2D eigenvalue weighted by Crippen LogP contribution is -2.48. The summed E-state index contributed by atoms with van der Waals surface area (Å²) in [6.07, 6.45) is -5.86. The number of methoxy groups -OCH3 is 1. The summed E-state index contributed by atoms with van der Waals surface area (Å²) in [5.41, 5.74) is -1.02. The van der Waals surface area contributed by atoms with Crippen LogP contribution in [-0.2, 0) is 27.7 Å². The molecule has 1 amide bonds. The molecule has 16 heteroatoms. The van der Waals surface area contributed by atoms with Crippen molar-refractivity contribution in [3.05, 3.63) is 46.6 Å². The van der Waals surface area contributed by atoms with E-state index in [9.17, 15) is 31.5 Å². The third kappa shape index (κ3) is 7.54. The van der Waals surface area contributed by atoms with Gasteiger partial charge >= 0.3 is 22.5 Å². The second-order valence-corrected chi connectivity index (χ2v) is 11.0. The number of aromatic nitrogens is 1. The van der Waals surface area contributed by atoms with Crippen molar-refractivity contribution in [2.75, 3.05) is 44.9 Å². The highest BCUT2D eigenvalue weighted by molar-refractivity contribution is 7.99. The maximum atomic E-state index is 13.1. The molecule has 1 fully saturated rings. The van der Waals surface area contributed by atoms with E-state index in [0.29, 0.717) is 23.8 Å². The first kappa shape index (κ1) is 29.1. The van der Waals surface area contributed by atoms with Gasteiger partial charge in [-0.05, 0) is 18.2 Å². The number of halogens is 4. The molecule has 0 unspecified atom stereocenters. The number of alkyl halides is 3. The molecular weight excluding hydrogens is 563 g/mol. The van der Waals surface area contributed by atoms with Gasteiger partial charge in [0, 0.05) is 49.5 Å². The topological polar surface area (TPSA) is 118 Å². The first-order chi connectivity index (χ1) is 17.4. The fraction of sp³-hybridized carbons (Fsp3) is 0.429. The van der Waals surface area contributed by atoms with Crippen LogP contribution in [0.25, 0.3) is 0 Å². The van der Waals surface area contributed by atoms with Crippen LogP contribution in [0.5, 0.6) is 17.4 Å². The molecule has 0 atom stereocenters. The van der Waals surface area contributed by atoms with Crippen LogP contribution in [0.1, 0.15) is 11.1 Å². The van der Waals surface area contributed by atoms with E-state index in [1.165, 1.54) is 25.3 Å². The highest BCUT2D eigenvalue weighted by Crippen LogP contribution is 2.37. The van der Waals surface area contributed by atoms with Gasteiger partial charge in [0.05, 0.1) is 18.7 Å². The quantitative estimate of drug-likeness (QED) is 0.406. The number of amides is 1. The van der Waals surface area contributed by atoms with Crippen molar-refractivity contribution in [2.24, 2.45) is 0 Å². The van der Waals surface area contributed by atoms with Gasteiger partial charge in [0.15, 0.2) is 0 Å². The summed E-state index contributed by atoms with van der Waals surface area (Å²) >= 11 is 7.52. The molecule has 3 rings (SSSR count). The SMILES string of the molecule is COCCOc1ccc(CN(C(=O)O)S(=O)(=O)N2CCSCC2)c(Oc2ncc(C(F)(F)F)cc2Cl)c1. The summed E-state index contributed by atoms with van der Waals surface area (Å²) in [4.78, 5) is 15.6. The fourth-order valence-corrected chi connectivity index (χ4v) is 5.93. The van der Waals surface area contributed by atoms with Gasteiger partial charge in [0.25, 0.3) is 0 Å². The number of hydrogen-bond acceptors (Lipinski definition) is 8. The number of benzene rings is 1. The normalized spacial score (nSPS) is 14.8. The van der Waals surface area contributed by atoms with Crippen LogP contribution in [-0.4, -0.2) is 78.1 Å². The molecule has 2 aromatic rings. The molecular formula is C21H23ClF3N3O7S2. The van der Waals surface area contributed by atoms with Crippen molar-refractivity contribution < 1.29 is 45.7 Å². The maximum absolute atomic E-state index is 13.1. The number of carbonyl (C=O) groups is 1. The van der Waals surface area contributed by atoms with Crippen LogP contribution < -0.4 is 9.47 Å².